The third kappa shape index (κ3) is 35.3. The van der Waals surface area contributed by atoms with Gasteiger partial charge < -0.3 is 45.1 Å². The zero-order chi connectivity index (χ0) is 51.1. The van der Waals surface area contributed by atoms with Crippen molar-refractivity contribution in [3.8, 4) is 0 Å². The van der Waals surface area contributed by atoms with E-state index in [1.807, 2.05) is 12.2 Å². The number of aliphatic hydroxyl groups excluding tert-OH is 5. The fourth-order valence-electron chi connectivity index (χ4n) is 8.45. The van der Waals surface area contributed by atoms with Gasteiger partial charge in [-0.3, -0.25) is 9.59 Å². The number of hydrogen-bond donors (Lipinski definition) is 6. The van der Waals surface area contributed by atoms with Crippen molar-refractivity contribution in [3.05, 3.63) is 72.9 Å². The minimum atomic E-state index is -1.62. The van der Waals surface area contributed by atoms with Crippen LogP contribution in [0, 0.1) is 0 Å². The number of nitrogens with one attached hydrogen (secondary N) is 1. The van der Waals surface area contributed by atoms with Crippen LogP contribution in [0.1, 0.15) is 226 Å². The van der Waals surface area contributed by atoms with Crippen molar-refractivity contribution < 1.29 is 49.3 Å². The minimum absolute atomic E-state index is 0.107. The standard InChI is InChI=1S/C59H103NO10/c1-4-7-10-13-16-19-22-25-26-29-32-35-38-41-44-47-54(64)70-57-56(66)55(65)53(48-61)69-59(57)68-49-50(51(62)45-42-39-36-33-30-27-23-20-17-14-11-8-5-2)60-58(67)52(63)46-43-40-37-34-31-28-24-21-18-15-12-9-6-3/h7,9-10,12-13,16,18-19,21-22,42,45,50-53,55-57,59,61-63,65-66H,4-6,8,11,14-15,17,20,23-41,43-44,46-49H2,1-3H3,(H,60,67)/b10-7+,12-9+,16-13+,21-18+,22-19+,45-42+. The SMILES string of the molecule is CC/C=C/C=C/C=C/CCCCCCCCCC(=O)OC1C(OCC(NC(=O)C(O)CCCCCCCC/C=C/C/C=C/CC)C(O)/C=C/CCCCCCCCCCCCC)OC(CO)C(O)C1O. The maximum atomic E-state index is 13.4. The molecule has 1 aliphatic rings. The second-order valence-corrected chi connectivity index (χ2v) is 19.3. The molecule has 1 amide bonds. The van der Waals surface area contributed by atoms with Crippen LogP contribution in [-0.4, -0.2) is 99.6 Å². The van der Waals surface area contributed by atoms with E-state index in [1.54, 1.807) is 6.08 Å². The molecule has 1 heterocycles. The first-order valence-electron chi connectivity index (χ1n) is 28.2. The van der Waals surface area contributed by atoms with Crippen molar-refractivity contribution in [1.29, 1.82) is 0 Å². The van der Waals surface area contributed by atoms with E-state index >= 15 is 0 Å². The first kappa shape index (κ1) is 65.1. The second kappa shape index (κ2) is 47.1. The minimum Gasteiger partial charge on any atom is -0.454 e. The van der Waals surface area contributed by atoms with E-state index in [1.165, 1.54) is 57.8 Å². The van der Waals surface area contributed by atoms with Gasteiger partial charge in [-0.05, 0) is 70.6 Å². The number of carbonyl (C=O) groups excluding carboxylic acids is 2. The number of aliphatic hydroxyl groups is 5. The molecule has 70 heavy (non-hydrogen) atoms. The summed E-state index contributed by atoms with van der Waals surface area (Å²) in [5, 5.41) is 56.8. The number of amides is 1. The number of rotatable bonds is 46. The molecule has 0 spiro atoms. The zero-order valence-corrected chi connectivity index (χ0v) is 44.4. The van der Waals surface area contributed by atoms with E-state index in [0.717, 1.165) is 122 Å². The number of ether oxygens (including phenoxy) is 3. The number of carbonyl (C=O) groups is 2. The molecule has 6 N–H and O–H groups in total. The Morgan fingerprint density at radius 1 is 0.586 bits per heavy atom. The number of allylic oxidation sites excluding steroid dienone is 11. The molecule has 0 bridgehead atoms. The molecule has 11 heteroatoms. The largest absolute Gasteiger partial charge is 0.454 e. The summed E-state index contributed by atoms with van der Waals surface area (Å²) < 4.78 is 17.5. The summed E-state index contributed by atoms with van der Waals surface area (Å²) in [7, 11) is 0. The van der Waals surface area contributed by atoms with Gasteiger partial charge in [-0.1, -0.05) is 222 Å². The van der Waals surface area contributed by atoms with Gasteiger partial charge >= 0.3 is 5.97 Å². The molecule has 0 aromatic carbocycles. The highest BCUT2D eigenvalue weighted by atomic mass is 16.7. The van der Waals surface area contributed by atoms with Crippen molar-refractivity contribution in [2.75, 3.05) is 13.2 Å². The van der Waals surface area contributed by atoms with Crippen molar-refractivity contribution in [3.63, 3.8) is 0 Å². The average molecular weight is 986 g/mol. The van der Waals surface area contributed by atoms with Gasteiger partial charge in [0.25, 0.3) is 0 Å². The highest BCUT2D eigenvalue weighted by Gasteiger charge is 2.47. The van der Waals surface area contributed by atoms with Gasteiger partial charge in [0.15, 0.2) is 12.4 Å². The number of unbranched alkanes of at least 4 members (excludes halogenated alkanes) is 24. The van der Waals surface area contributed by atoms with Crippen LogP contribution in [0.5, 0.6) is 0 Å². The second-order valence-electron chi connectivity index (χ2n) is 19.3. The maximum Gasteiger partial charge on any atom is 0.306 e. The Balaban J connectivity index is 2.76. The van der Waals surface area contributed by atoms with E-state index in [9.17, 15) is 35.1 Å². The fraction of sp³-hybridized carbons (Fsp3) is 0.763. The van der Waals surface area contributed by atoms with Crippen LogP contribution in [0.25, 0.3) is 0 Å². The van der Waals surface area contributed by atoms with Gasteiger partial charge in [0.1, 0.15) is 24.4 Å². The van der Waals surface area contributed by atoms with Gasteiger partial charge in [-0.2, -0.15) is 0 Å². The van der Waals surface area contributed by atoms with Crippen molar-refractivity contribution in [1.82, 2.24) is 5.32 Å². The molecule has 1 rings (SSSR count). The van der Waals surface area contributed by atoms with Crippen LogP contribution in [0.2, 0.25) is 0 Å². The zero-order valence-electron chi connectivity index (χ0n) is 44.4. The number of hydrogen-bond acceptors (Lipinski definition) is 10. The van der Waals surface area contributed by atoms with Gasteiger partial charge in [0.05, 0.1) is 25.4 Å². The molecular weight excluding hydrogens is 883 g/mol. The number of esters is 1. The highest BCUT2D eigenvalue weighted by molar-refractivity contribution is 5.80. The molecule has 404 valence electrons. The average Bonchev–Trinajstić information content (AvgIpc) is 3.36. The lowest BCUT2D eigenvalue weighted by molar-refractivity contribution is -0.305. The van der Waals surface area contributed by atoms with Crippen LogP contribution >= 0.6 is 0 Å². The maximum absolute atomic E-state index is 13.4. The highest BCUT2D eigenvalue weighted by Crippen LogP contribution is 2.26. The Morgan fingerprint density at radius 3 is 1.69 bits per heavy atom. The molecule has 0 aromatic rings. The molecule has 1 aliphatic heterocycles. The predicted octanol–water partition coefficient (Wildman–Crippen LogP) is 12.4. The monoisotopic (exact) mass is 986 g/mol. The van der Waals surface area contributed by atoms with Gasteiger partial charge in [0, 0.05) is 6.42 Å². The Bertz CT molecular complexity index is 1410. The fourth-order valence-corrected chi connectivity index (χ4v) is 8.45. The molecule has 0 radical (unpaired) electrons. The van der Waals surface area contributed by atoms with Crippen molar-refractivity contribution in [2.24, 2.45) is 0 Å². The summed E-state index contributed by atoms with van der Waals surface area (Å²) in [5.41, 5.74) is 0. The van der Waals surface area contributed by atoms with Crippen LogP contribution in [0.3, 0.4) is 0 Å². The van der Waals surface area contributed by atoms with Gasteiger partial charge in [0.2, 0.25) is 5.91 Å². The molecule has 0 aromatic heterocycles. The van der Waals surface area contributed by atoms with E-state index in [-0.39, 0.29) is 19.4 Å². The normalized spacial score (nSPS) is 20.3. The molecular formula is C59H103NO10. The lowest BCUT2D eigenvalue weighted by Crippen LogP contribution is -2.61. The van der Waals surface area contributed by atoms with Gasteiger partial charge in [-0.15, -0.1) is 0 Å². The first-order valence-corrected chi connectivity index (χ1v) is 28.2. The first-order chi connectivity index (χ1) is 34.2. The van der Waals surface area contributed by atoms with Crippen LogP contribution < -0.4 is 5.32 Å². The quantitative estimate of drug-likeness (QED) is 0.0149. The molecule has 0 saturated carbocycles. The van der Waals surface area contributed by atoms with Crippen LogP contribution in [0.4, 0.5) is 0 Å². The van der Waals surface area contributed by atoms with E-state index in [2.05, 4.69) is 80.8 Å². The summed E-state index contributed by atoms with van der Waals surface area (Å²) in [6.07, 6.45) is 48.0. The molecule has 11 nitrogen and oxygen atoms in total. The van der Waals surface area contributed by atoms with Crippen molar-refractivity contribution >= 4 is 11.9 Å². The van der Waals surface area contributed by atoms with Crippen LogP contribution in [-0.2, 0) is 23.8 Å². The molecule has 8 atom stereocenters. The predicted molar refractivity (Wildman–Crippen MR) is 287 cm³/mol. The third-order valence-corrected chi connectivity index (χ3v) is 12.9. The van der Waals surface area contributed by atoms with Crippen molar-refractivity contribution in [2.45, 2.75) is 275 Å². The third-order valence-electron chi connectivity index (χ3n) is 12.9. The Kier molecular flexibility index (Phi) is 43.8. The Labute approximate surface area is 426 Å². The Hall–Kier alpha value is -2.90. The molecule has 1 fully saturated rings. The Morgan fingerprint density at radius 2 is 1.10 bits per heavy atom. The molecule has 0 aliphatic carbocycles. The summed E-state index contributed by atoms with van der Waals surface area (Å²) in [6, 6.07) is -1.03. The smallest absolute Gasteiger partial charge is 0.306 e. The summed E-state index contributed by atoms with van der Waals surface area (Å²) in [5.74, 6) is -1.22. The van der Waals surface area contributed by atoms with Crippen LogP contribution in [0.15, 0.2) is 72.9 Å². The molecule has 8 unspecified atom stereocenters. The lowest BCUT2D eigenvalue weighted by Gasteiger charge is -2.41. The summed E-state index contributed by atoms with van der Waals surface area (Å²) in [6.45, 7) is 5.52. The summed E-state index contributed by atoms with van der Waals surface area (Å²) in [4.78, 5) is 26.4. The summed E-state index contributed by atoms with van der Waals surface area (Å²) >= 11 is 0. The van der Waals surface area contributed by atoms with E-state index in [0.29, 0.717) is 12.8 Å². The van der Waals surface area contributed by atoms with E-state index < -0.39 is 67.4 Å². The van der Waals surface area contributed by atoms with E-state index in [4.69, 9.17) is 14.2 Å². The topological polar surface area (TPSA) is 175 Å². The van der Waals surface area contributed by atoms with Gasteiger partial charge in [-0.25, -0.2) is 0 Å². The molecule has 1 saturated heterocycles. The lowest BCUT2D eigenvalue weighted by atomic mass is 9.99.